The van der Waals surface area contributed by atoms with Crippen molar-refractivity contribution < 1.29 is 18.6 Å². The van der Waals surface area contributed by atoms with Gasteiger partial charge in [-0.1, -0.05) is 19.9 Å². The number of halogens is 2. The van der Waals surface area contributed by atoms with E-state index in [-0.39, 0.29) is 12.1 Å². The Balaban J connectivity index is 0.000000422. The van der Waals surface area contributed by atoms with Crippen LogP contribution in [0.2, 0.25) is 0 Å². The second-order valence-corrected chi connectivity index (χ2v) is 5.23. The van der Waals surface area contributed by atoms with Crippen molar-refractivity contribution in [1.82, 2.24) is 10.6 Å². The summed E-state index contributed by atoms with van der Waals surface area (Å²) in [5, 5.41) is 15.7. The van der Waals surface area contributed by atoms with E-state index < -0.39 is 17.7 Å². The molecule has 2 rings (SSSR count). The van der Waals surface area contributed by atoms with Crippen molar-refractivity contribution in [2.24, 2.45) is 0 Å². The smallest absolute Gasteiger partial charge is 0.159 e. The van der Waals surface area contributed by atoms with Gasteiger partial charge in [-0.05, 0) is 37.7 Å². The first kappa shape index (κ1) is 19.0. The molecule has 0 aromatic heterocycles. The van der Waals surface area contributed by atoms with E-state index in [9.17, 15) is 13.9 Å². The van der Waals surface area contributed by atoms with Crippen molar-refractivity contribution in [2.75, 3.05) is 26.3 Å². The summed E-state index contributed by atoms with van der Waals surface area (Å²) in [5.74, 6) is -1.74. The van der Waals surface area contributed by atoms with Crippen molar-refractivity contribution in [3.05, 3.63) is 35.4 Å². The van der Waals surface area contributed by atoms with Gasteiger partial charge in [-0.25, -0.2) is 8.78 Å². The molecule has 3 N–H and O–H groups in total. The van der Waals surface area contributed by atoms with Crippen molar-refractivity contribution in [2.45, 2.75) is 39.0 Å². The van der Waals surface area contributed by atoms with Crippen molar-refractivity contribution >= 4 is 0 Å². The lowest BCUT2D eigenvalue weighted by atomic mass is 10.0. The summed E-state index contributed by atoms with van der Waals surface area (Å²) in [5.41, 5.74) is 0.620. The number of morpholine rings is 1. The molecule has 1 aromatic carbocycles. The molecule has 1 heterocycles. The average Bonchev–Trinajstić information content (AvgIpc) is 2.51. The minimum absolute atomic E-state index is 0.193. The fourth-order valence-electron chi connectivity index (χ4n) is 2.12. The second-order valence-electron chi connectivity index (χ2n) is 5.23. The molecule has 1 aliphatic rings. The molecule has 0 amide bonds. The molecular weight excluding hydrogens is 290 g/mol. The van der Waals surface area contributed by atoms with Crippen LogP contribution in [0.15, 0.2) is 18.2 Å². The van der Waals surface area contributed by atoms with Gasteiger partial charge in [-0.3, -0.25) is 0 Å². The van der Waals surface area contributed by atoms with Crippen LogP contribution in [0, 0.1) is 11.6 Å². The van der Waals surface area contributed by atoms with Crippen LogP contribution in [0.1, 0.15) is 32.4 Å². The highest BCUT2D eigenvalue weighted by atomic mass is 19.2. The van der Waals surface area contributed by atoms with E-state index in [1.807, 2.05) is 0 Å². The zero-order chi connectivity index (χ0) is 16.5. The fraction of sp³-hybridized carbons (Fsp3) is 0.625. The van der Waals surface area contributed by atoms with Gasteiger partial charge in [-0.2, -0.15) is 0 Å². The quantitative estimate of drug-likeness (QED) is 0.795. The van der Waals surface area contributed by atoms with E-state index in [0.29, 0.717) is 18.8 Å². The Morgan fingerprint density at radius 3 is 2.45 bits per heavy atom. The SMILES string of the molecule is CC(O)[C@H]1COC[C@@H](c2ccc(F)c(F)c2)N1.CCNCC. The Bertz CT molecular complexity index is 442. The number of nitrogens with one attached hydrogen (secondary N) is 2. The summed E-state index contributed by atoms with van der Waals surface area (Å²) in [4.78, 5) is 0. The lowest BCUT2D eigenvalue weighted by Gasteiger charge is -2.33. The van der Waals surface area contributed by atoms with E-state index in [1.165, 1.54) is 6.07 Å². The van der Waals surface area contributed by atoms with Crippen LogP contribution < -0.4 is 10.6 Å². The maximum absolute atomic E-state index is 13.1. The van der Waals surface area contributed by atoms with E-state index in [1.54, 1.807) is 6.92 Å². The van der Waals surface area contributed by atoms with Crippen LogP contribution in [0.3, 0.4) is 0 Å². The van der Waals surface area contributed by atoms with Gasteiger partial charge < -0.3 is 20.5 Å². The van der Waals surface area contributed by atoms with Crippen LogP contribution in [0.25, 0.3) is 0 Å². The Morgan fingerprint density at radius 1 is 1.27 bits per heavy atom. The Morgan fingerprint density at radius 2 is 1.95 bits per heavy atom. The molecule has 126 valence electrons. The highest BCUT2D eigenvalue weighted by molar-refractivity contribution is 5.22. The first-order valence-electron chi connectivity index (χ1n) is 7.67. The van der Waals surface area contributed by atoms with E-state index in [2.05, 4.69) is 24.5 Å². The molecule has 1 saturated heterocycles. The van der Waals surface area contributed by atoms with Gasteiger partial charge in [0.2, 0.25) is 0 Å². The second kappa shape index (κ2) is 9.84. The third-order valence-electron chi connectivity index (χ3n) is 3.43. The van der Waals surface area contributed by atoms with Gasteiger partial charge in [0.15, 0.2) is 11.6 Å². The maximum Gasteiger partial charge on any atom is 0.159 e. The normalized spacial score (nSPS) is 22.6. The summed E-state index contributed by atoms with van der Waals surface area (Å²) < 4.78 is 31.2. The monoisotopic (exact) mass is 316 g/mol. The highest BCUT2D eigenvalue weighted by Crippen LogP contribution is 2.20. The van der Waals surface area contributed by atoms with Gasteiger partial charge in [0.25, 0.3) is 0 Å². The third-order valence-corrected chi connectivity index (χ3v) is 3.43. The molecule has 0 radical (unpaired) electrons. The van der Waals surface area contributed by atoms with Crippen molar-refractivity contribution in [3.63, 3.8) is 0 Å². The molecule has 0 aliphatic carbocycles. The van der Waals surface area contributed by atoms with Crippen molar-refractivity contribution in [3.8, 4) is 0 Å². The summed E-state index contributed by atoms with van der Waals surface area (Å²) in [7, 11) is 0. The van der Waals surface area contributed by atoms with Gasteiger partial charge in [-0.15, -0.1) is 0 Å². The van der Waals surface area contributed by atoms with Crippen LogP contribution >= 0.6 is 0 Å². The van der Waals surface area contributed by atoms with Crippen molar-refractivity contribution in [1.29, 1.82) is 0 Å². The molecule has 0 spiro atoms. The van der Waals surface area contributed by atoms with Gasteiger partial charge in [0, 0.05) is 0 Å². The van der Waals surface area contributed by atoms with Gasteiger partial charge >= 0.3 is 0 Å². The maximum atomic E-state index is 13.1. The van der Waals surface area contributed by atoms with Gasteiger partial charge in [0.05, 0.1) is 31.4 Å². The number of rotatable bonds is 4. The summed E-state index contributed by atoms with van der Waals surface area (Å²) >= 11 is 0. The highest BCUT2D eigenvalue weighted by Gasteiger charge is 2.26. The molecule has 1 aromatic rings. The zero-order valence-electron chi connectivity index (χ0n) is 13.4. The first-order valence-corrected chi connectivity index (χ1v) is 7.67. The molecule has 0 bridgehead atoms. The number of aliphatic hydroxyl groups excluding tert-OH is 1. The predicted octanol–water partition coefficient (Wildman–Crippen LogP) is 1.99. The molecule has 4 nitrogen and oxygen atoms in total. The average molecular weight is 316 g/mol. The first-order chi connectivity index (χ1) is 10.5. The summed E-state index contributed by atoms with van der Waals surface area (Å²) in [6.45, 7) is 8.85. The lowest BCUT2D eigenvalue weighted by Crippen LogP contribution is -2.49. The summed E-state index contributed by atoms with van der Waals surface area (Å²) in [6.07, 6.45) is -0.553. The topological polar surface area (TPSA) is 53.5 Å². The molecule has 22 heavy (non-hydrogen) atoms. The largest absolute Gasteiger partial charge is 0.392 e. The van der Waals surface area contributed by atoms with E-state index in [4.69, 9.17) is 4.74 Å². The molecule has 1 aliphatic heterocycles. The van der Waals surface area contributed by atoms with Crippen LogP contribution in [-0.2, 0) is 4.74 Å². The predicted molar refractivity (Wildman–Crippen MR) is 82.7 cm³/mol. The minimum Gasteiger partial charge on any atom is -0.392 e. The zero-order valence-corrected chi connectivity index (χ0v) is 13.4. The molecular formula is C16H26F2N2O2. The molecule has 6 heteroatoms. The number of benzene rings is 1. The number of ether oxygens (including phenoxy) is 1. The molecule has 0 saturated carbocycles. The molecule has 1 fully saturated rings. The van der Waals surface area contributed by atoms with E-state index in [0.717, 1.165) is 25.2 Å². The number of hydrogen-bond donors (Lipinski definition) is 3. The van der Waals surface area contributed by atoms with Crippen LogP contribution in [0.5, 0.6) is 0 Å². The Hall–Kier alpha value is -1.08. The minimum atomic E-state index is -0.872. The standard InChI is InChI=1S/C12H15F2NO2.C4H11N/c1-7(16)11-5-17-6-12(15-11)8-2-3-9(13)10(14)4-8;1-3-5-4-2/h2-4,7,11-12,15-16H,5-6H2,1H3;5H,3-4H2,1-2H3/t7?,11-,12+;/m1./s1. The lowest BCUT2D eigenvalue weighted by molar-refractivity contribution is 0.00112. The fourth-order valence-corrected chi connectivity index (χ4v) is 2.12. The number of hydrogen-bond acceptors (Lipinski definition) is 4. The molecule has 3 atom stereocenters. The summed E-state index contributed by atoms with van der Waals surface area (Å²) in [6, 6.07) is 3.35. The molecule has 1 unspecified atom stereocenters. The van der Waals surface area contributed by atoms with Crippen LogP contribution in [-0.4, -0.2) is 43.6 Å². The Kier molecular flexibility index (Phi) is 8.48. The van der Waals surface area contributed by atoms with Gasteiger partial charge in [0.1, 0.15) is 0 Å². The van der Waals surface area contributed by atoms with Crippen LogP contribution in [0.4, 0.5) is 8.78 Å². The Labute approximate surface area is 130 Å². The van der Waals surface area contributed by atoms with E-state index >= 15 is 0 Å². The number of aliphatic hydroxyl groups is 1. The third kappa shape index (κ3) is 5.96.